The third-order valence-corrected chi connectivity index (χ3v) is 2.09. The molecule has 0 bridgehead atoms. The molecule has 2 aromatic rings. The normalized spacial score (nSPS) is 9.93. The number of aromatic nitrogens is 1. The molecule has 0 saturated carbocycles. The molecule has 1 heterocycles. The van der Waals surface area contributed by atoms with Crippen LogP contribution in [0.1, 0.15) is 5.56 Å². The van der Waals surface area contributed by atoms with E-state index in [9.17, 15) is 0 Å². The van der Waals surface area contributed by atoms with E-state index in [1.54, 1.807) is 6.20 Å². The number of anilines is 3. The molecular weight excluding hydrogens is 186 g/mol. The second-order valence-electron chi connectivity index (χ2n) is 3.46. The summed E-state index contributed by atoms with van der Waals surface area (Å²) >= 11 is 0. The molecule has 0 atom stereocenters. The number of pyridine rings is 1. The highest BCUT2D eigenvalue weighted by molar-refractivity contribution is 5.62. The van der Waals surface area contributed by atoms with Crippen LogP contribution in [0, 0.1) is 6.92 Å². The molecule has 0 spiro atoms. The fourth-order valence-corrected chi connectivity index (χ4v) is 1.42. The van der Waals surface area contributed by atoms with E-state index in [2.05, 4.69) is 29.4 Å². The van der Waals surface area contributed by atoms with Crippen molar-refractivity contribution in [1.82, 2.24) is 4.98 Å². The van der Waals surface area contributed by atoms with E-state index in [4.69, 9.17) is 5.73 Å². The first kappa shape index (κ1) is 9.52. The molecule has 0 aliphatic carbocycles. The average Bonchev–Trinajstić information content (AvgIpc) is 2.17. The molecular formula is C12H13N3. The number of hydrogen-bond donors (Lipinski definition) is 2. The van der Waals surface area contributed by atoms with Gasteiger partial charge in [0.05, 0.1) is 0 Å². The lowest BCUT2D eigenvalue weighted by Gasteiger charge is -2.07. The third-order valence-electron chi connectivity index (χ3n) is 2.09. The second-order valence-corrected chi connectivity index (χ2v) is 3.46. The largest absolute Gasteiger partial charge is 0.384 e. The molecule has 0 fully saturated rings. The maximum absolute atomic E-state index is 5.59. The third kappa shape index (κ3) is 2.47. The predicted octanol–water partition coefficient (Wildman–Crippen LogP) is 2.72. The molecule has 0 saturated heterocycles. The van der Waals surface area contributed by atoms with Crippen molar-refractivity contribution in [2.75, 3.05) is 11.1 Å². The topological polar surface area (TPSA) is 50.9 Å². The lowest BCUT2D eigenvalue weighted by Crippen LogP contribution is -1.94. The fraction of sp³-hybridized carbons (Fsp3) is 0.0833. The minimum Gasteiger partial charge on any atom is -0.384 e. The minimum absolute atomic E-state index is 0.521. The first-order valence-electron chi connectivity index (χ1n) is 4.79. The van der Waals surface area contributed by atoms with Crippen LogP contribution in [-0.4, -0.2) is 4.98 Å². The van der Waals surface area contributed by atoms with Gasteiger partial charge in [-0.25, -0.2) is 4.98 Å². The van der Waals surface area contributed by atoms with Crippen molar-refractivity contribution >= 4 is 17.2 Å². The van der Waals surface area contributed by atoms with Crippen molar-refractivity contribution in [3.63, 3.8) is 0 Å². The number of nitrogens with zero attached hydrogens (tertiary/aromatic N) is 1. The zero-order valence-corrected chi connectivity index (χ0v) is 8.57. The van der Waals surface area contributed by atoms with Gasteiger partial charge in [-0.1, -0.05) is 12.1 Å². The van der Waals surface area contributed by atoms with Crippen LogP contribution in [0.2, 0.25) is 0 Å². The van der Waals surface area contributed by atoms with Crippen molar-refractivity contribution in [3.05, 3.63) is 48.2 Å². The lowest BCUT2D eigenvalue weighted by molar-refractivity contribution is 1.33. The molecule has 3 N–H and O–H groups in total. The molecule has 0 unspecified atom stereocenters. The van der Waals surface area contributed by atoms with Crippen LogP contribution in [0.15, 0.2) is 42.6 Å². The van der Waals surface area contributed by atoms with Crippen LogP contribution in [0.25, 0.3) is 0 Å². The van der Waals surface area contributed by atoms with Gasteiger partial charge in [0.25, 0.3) is 0 Å². The highest BCUT2D eigenvalue weighted by Crippen LogP contribution is 2.17. The van der Waals surface area contributed by atoms with Gasteiger partial charge in [0.1, 0.15) is 5.82 Å². The minimum atomic E-state index is 0.521. The lowest BCUT2D eigenvalue weighted by atomic mass is 10.2. The summed E-state index contributed by atoms with van der Waals surface area (Å²) in [5, 5.41) is 3.27. The van der Waals surface area contributed by atoms with Crippen molar-refractivity contribution in [2.24, 2.45) is 0 Å². The van der Waals surface area contributed by atoms with Crippen molar-refractivity contribution in [3.8, 4) is 0 Å². The molecule has 0 aliphatic rings. The molecule has 0 amide bonds. The molecule has 0 aliphatic heterocycles. The summed E-state index contributed by atoms with van der Waals surface area (Å²) in [6.45, 7) is 2.06. The summed E-state index contributed by atoms with van der Waals surface area (Å²) in [6.07, 6.45) is 1.69. The molecule has 2 rings (SSSR count). The van der Waals surface area contributed by atoms with Gasteiger partial charge in [0.2, 0.25) is 0 Å². The number of nitrogen functional groups attached to an aromatic ring is 1. The summed E-state index contributed by atoms with van der Waals surface area (Å²) in [7, 11) is 0. The molecule has 1 aromatic heterocycles. The monoisotopic (exact) mass is 199 g/mol. The van der Waals surface area contributed by atoms with E-state index < -0.39 is 0 Å². The summed E-state index contributed by atoms with van der Waals surface area (Å²) < 4.78 is 0. The fourth-order valence-electron chi connectivity index (χ4n) is 1.42. The Morgan fingerprint density at radius 2 is 1.93 bits per heavy atom. The van der Waals surface area contributed by atoms with Crippen molar-refractivity contribution < 1.29 is 0 Å². The van der Waals surface area contributed by atoms with E-state index in [0.29, 0.717) is 5.82 Å². The first-order valence-corrected chi connectivity index (χ1v) is 4.79. The van der Waals surface area contributed by atoms with E-state index in [1.807, 2.05) is 24.3 Å². The number of nitrogens with two attached hydrogens (primary N) is 1. The SMILES string of the molecule is Cc1cccc(Nc2ccnc(N)c2)c1. The number of nitrogens with one attached hydrogen (secondary N) is 1. The highest BCUT2D eigenvalue weighted by Gasteiger charge is 1.95. The Hall–Kier alpha value is -2.03. The Kier molecular flexibility index (Phi) is 2.54. The van der Waals surface area contributed by atoms with E-state index >= 15 is 0 Å². The number of aryl methyl sites for hydroxylation is 1. The van der Waals surface area contributed by atoms with Gasteiger partial charge in [-0.2, -0.15) is 0 Å². The molecule has 3 heteroatoms. The predicted molar refractivity (Wildman–Crippen MR) is 63.1 cm³/mol. The number of benzene rings is 1. The summed E-state index contributed by atoms with van der Waals surface area (Å²) in [5.41, 5.74) is 8.82. The molecule has 1 aromatic carbocycles. The molecule has 76 valence electrons. The molecule has 15 heavy (non-hydrogen) atoms. The van der Waals surface area contributed by atoms with Crippen LogP contribution in [0.3, 0.4) is 0 Å². The van der Waals surface area contributed by atoms with Gasteiger partial charge in [-0.15, -0.1) is 0 Å². The van der Waals surface area contributed by atoms with Gasteiger partial charge in [0.15, 0.2) is 0 Å². The Labute approximate surface area is 89.0 Å². The summed E-state index contributed by atoms with van der Waals surface area (Å²) in [5.74, 6) is 0.521. The van der Waals surface area contributed by atoms with Crippen LogP contribution in [0.5, 0.6) is 0 Å². The van der Waals surface area contributed by atoms with E-state index in [1.165, 1.54) is 5.56 Å². The van der Waals surface area contributed by atoms with Crippen molar-refractivity contribution in [1.29, 1.82) is 0 Å². The maximum atomic E-state index is 5.59. The second kappa shape index (κ2) is 4.00. The van der Waals surface area contributed by atoms with Gasteiger partial charge in [-0.3, -0.25) is 0 Å². The Morgan fingerprint density at radius 1 is 1.13 bits per heavy atom. The van der Waals surface area contributed by atoms with Gasteiger partial charge >= 0.3 is 0 Å². The summed E-state index contributed by atoms with van der Waals surface area (Å²) in [6, 6.07) is 11.9. The average molecular weight is 199 g/mol. The zero-order valence-electron chi connectivity index (χ0n) is 8.57. The zero-order chi connectivity index (χ0) is 10.7. The molecule has 0 radical (unpaired) electrons. The Balaban J connectivity index is 2.22. The number of rotatable bonds is 2. The van der Waals surface area contributed by atoms with Crippen LogP contribution in [-0.2, 0) is 0 Å². The van der Waals surface area contributed by atoms with Gasteiger partial charge in [0, 0.05) is 23.6 Å². The van der Waals surface area contributed by atoms with Crippen LogP contribution < -0.4 is 11.1 Å². The van der Waals surface area contributed by atoms with E-state index in [0.717, 1.165) is 11.4 Å². The summed E-state index contributed by atoms with van der Waals surface area (Å²) in [4.78, 5) is 3.94. The van der Waals surface area contributed by atoms with E-state index in [-0.39, 0.29) is 0 Å². The maximum Gasteiger partial charge on any atom is 0.125 e. The molecule has 3 nitrogen and oxygen atoms in total. The first-order chi connectivity index (χ1) is 7.24. The smallest absolute Gasteiger partial charge is 0.125 e. The Morgan fingerprint density at radius 3 is 2.67 bits per heavy atom. The van der Waals surface area contributed by atoms with Gasteiger partial charge in [-0.05, 0) is 30.7 Å². The number of hydrogen-bond acceptors (Lipinski definition) is 3. The van der Waals surface area contributed by atoms with Gasteiger partial charge < -0.3 is 11.1 Å². The van der Waals surface area contributed by atoms with Crippen LogP contribution >= 0.6 is 0 Å². The quantitative estimate of drug-likeness (QED) is 0.781. The van der Waals surface area contributed by atoms with Crippen LogP contribution in [0.4, 0.5) is 17.2 Å². The Bertz CT molecular complexity index is 422. The van der Waals surface area contributed by atoms with Crippen molar-refractivity contribution in [2.45, 2.75) is 6.92 Å². The standard InChI is InChI=1S/C12H13N3/c1-9-3-2-4-10(7-9)15-11-5-6-14-12(13)8-11/h2-8H,1H3,(H3,13,14,15). The highest BCUT2D eigenvalue weighted by atomic mass is 14.9.